The molecule has 1 aliphatic carbocycles. The summed E-state index contributed by atoms with van der Waals surface area (Å²) in [5.41, 5.74) is 0.321. The summed E-state index contributed by atoms with van der Waals surface area (Å²) in [4.78, 5) is 2.06. The van der Waals surface area contributed by atoms with Gasteiger partial charge in [0.25, 0.3) is 0 Å². The van der Waals surface area contributed by atoms with E-state index in [1.807, 2.05) is 14.1 Å². The monoisotopic (exact) mass is 297 g/mol. The molecule has 1 aliphatic heterocycles. The Morgan fingerprint density at radius 3 is 1.90 bits per heavy atom. The first-order valence-electron chi connectivity index (χ1n) is 7.38. The van der Waals surface area contributed by atoms with Crippen molar-refractivity contribution in [2.75, 3.05) is 27.3 Å². The Kier molecular flexibility index (Phi) is 3.76. The summed E-state index contributed by atoms with van der Waals surface area (Å²) in [6.45, 7) is 1.26. The maximum atomic E-state index is 13.6. The molecule has 1 saturated carbocycles. The lowest BCUT2D eigenvalue weighted by Gasteiger charge is -2.48. The van der Waals surface area contributed by atoms with Gasteiger partial charge in [-0.25, -0.2) is 8.78 Å². The van der Waals surface area contributed by atoms with E-state index in [0.29, 0.717) is 18.8 Å². The Hall–Kier alpha value is -1.04. The van der Waals surface area contributed by atoms with Crippen molar-refractivity contribution < 1.29 is 18.3 Å². The Balaban J connectivity index is 1.91. The van der Waals surface area contributed by atoms with Gasteiger partial charge in [-0.2, -0.15) is 0 Å². The van der Waals surface area contributed by atoms with E-state index in [-0.39, 0.29) is 5.54 Å². The summed E-state index contributed by atoms with van der Waals surface area (Å²) < 4.78 is 38.7. The number of benzene rings is 1. The van der Waals surface area contributed by atoms with Gasteiger partial charge in [0, 0.05) is 24.4 Å². The zero-order valence-corrected chi connectivity index (χ0v) is 12.5. The molecule has 2 aliphatic rings. The number of hydrogen-bond acceptors (Lipinski definition) is 3. The third-order valence-electron chi connectivity index (χ3n) is 4.91. The van der Waals surface area contributed by atoms with E-state index in [0.717, 1.165) is 31.7 Å². The van der Waals surface area contributed by atoms with E-state index in [2.05, 4.69) is 4.90 Å². The summed E-state index contributed by atoms with van der Waals surface area (Å²) in [6.07, 6.45) is 2.98. The van der Waals surface area contributed by atoms with Crippen molar-refractivity contribution in [1.82, 2.24) is 4.90 Å². The van der Waals surface area contributed by atoms with Crippen LogP contribution in [-0.2, 0) is 15.0 Å². The third kappa shape index (κ3) is 2.58. The molecule has 0 unspecified atom stereocenters. The van der Waals surface area contributed by atoms with Gasteiger partial charge in [0.05, 0.1) is 13.2 Å². The average Bonchev–Trinajstić information content (AvgIpc) is 2.87. The average molecular weight is 297 g/mol. The molecule has 1 saturated heterocycles. The fourth-order valence-corrected chi connectivity index (χ4v) is 3.65. The van der Waals surface area contributed by atoms with Crippen molar-refractivity contribution in [2.45, 2.75) is 37.0 Å². The zero-order chi connectivity index (χ0) is 15.1. The predicted molar refractivity (Wildman–Crippen MR) is 74.8 cm³/mol. The Morgan fingerprint density at radius 1 is 0.905 bits per heavy atom. The first kappa shape index (κ1) is 14.9. The van der Waals surface area contributed by atoms with Crippen molar-refractivity contribution in [2.24, 2.45) is 0 Å². The SMILES string of the molecule is CN(C)C1(c2cc(F)cc(F)c2)CCC2(CC1)OCCO2. The second kappa shape index (κ2) is 5.30. The number of hydrogen-bond donors (Lipinski definition) is 0. The Bertz CT molecular complexity index is 497. The molecule has 0 aromatic heterocycles. The molecule has 116 valence electrons. The summed E-state index contributed by atoms with van der Waals surface area (Å²) in [5, 5.41) is 0. The molecule has 0 radical (unpaired) electrons. The second-order valence-corrected chi connectivity index (χ2v) is 6.19. The van der Waals surface area contributed by atoms with Crippen LogP contribution >= 0.6 is 0 Å². The van der Waals surface area contributed by atoms with Crippen LogP contribution in [0.15, 0.2) is 18.2 Å². The van der Waals surface area contributed by atoms with Crippen LogP contribution in [0.4, 0.5) is 8.78 Å². The fraction of sp³-hybridized carbons (Fsp3) is 0.625. The molecule has 0 N–H and O–H groups in total. The van der Waals surface area contributed by atoms with Crippen molar-refractivity contribution in [1.29, 1.82) is 0 Å². The van der Waals surface area contributed by atoms with Crippen molar-refractivity contribution >= 4 is 0 Å². The van der Waals surface area contributed by atoms with Gasteiger partial charge in [0.1, 0.15) is 11.6 Å². The summed E-state index contributed by atoms with van der Waals surface area (Å²) in [5.74, 6) is -1.54. The van der Waals surface area contributed by atoms with Crippen LogP contribution in [0.3, 0.4) is 0 Å². The normalized spacial score (nSPS) is 23.9. The minimum Gasteiger partial charge on any atom is -0.348 e. The Labute approximate surface area is 123 Å². The van der Waals surface area contributed by atoms with Gasteiger partial charge in [-0.1, -0.05) is 0 Å². The van der Waals surface area contributed by atoms with Gasteiger partial charge in [-0.3, -0.25) is 4.90 Å². The maximum Gasteiger partial charge on any atom is 0.168 e. The summed E-state index contributed by atoms with van der Waals surface area (Å²) >= 11 is 0. The van der Waals surface area contributed by atoms with Crippen molar-refractivity contribution in [3.63, 3.8) is 0 Å². The van der Waals surface area contributed by atoms with Crippen LogP contribution < -0.4 is 0 Å². The molecule has 21 heavy (non-hydrogen) atoms. The van der Waals surface area contributed by atoms with Crippen molar-refractivity contribution in [3.05, 3.63) is 35.4 Å². The predicted octanol–water partition coefficient (Wildman–Crippen LogP) is 3.04. The van der Waals surface area contributed by atoms with Gasteiger partial charge in [0.15, 0.2) is 5.79 Å². The van der Waals surface area contributed by atoms with Crippen molar-refractivity contribution in [3.8, 4) is 0 Å². The molecule has 3 rings (SSSR count). The quantitative estimate of drug-likeness (QED) is 0.837. The van der Waals surface area contributed by atoms with E-state index in [1.165, 1.54) is 12.1 Å². The van der Waals surface area contributed by atoms with Gasteiger partial charge >= 0.3 is 0 Å². The number of rotatable bonds is 2. The van der Waals surface area contributed by atoms with Gasteiger partial charge < -0.3 is 9.47 Å². The second-order valence-electron chi connectivity index (χ2n) is 6.19. The highest BCUT2D eigenvalue weighted by molar-refractivity contribution is 5.27. The van der Waals surface area contributed by atoms with E-state index in [9.17, 15) is 8.78 Å². The molecule has 1 aromatic carbocycles. The van der Waals surface area contributed by atoms with Crippen LogP contribution in [0.2, 0.25) is 0 Å². The topological polar surface area (TPSA) is 21.7 Å². The summed E-state index contributed by atoms with van der Waals surface area (Å²) in [6, 6.07) is 3.80. The molecule has 1 aromatic rings. The molecule has 1 heterocycles. The third-order valence-corrected chi connectivity index (χ3v) is 4.91. The lowest BCUT2D eigenvalue weighted by atomic mass is 9.73. The highest BCUT2D eigenvalue weighted by Gasteiger charge is 2.48. The van der Waals surface area contributed by atoms with Gasteiger partial charge in [0.2, 0.25) is 0 Å². The molecular weight excluding hydrogens is 276 g/mol. The molecule has 0 amide bonds. The van der Waals surface area contributed by atoms with E-state index in [1.54, 1.807) is 0 Å². The largest absolute Gasteiger partial charge is 0.348 e. The molecule has 3 nitrogen and oxygen atoms in total. The van der Waals surface area contributed by atoms with E-state index < -0.39 is 17.4 Å². The number of nitrogens with zero attached hydrogens (tertiary/aromatic N) is 1. The van der Waals surface area contributed by atoms with Gasteiger partial charge in [-0.05, 0) is 44.6 Å². The maximum absolute atomic E-state index is 13.6. The molecular formula is C16H21F2NO2. The van der Waals surface area contributed by atoms with E-state index >= 15 is 0 Å². The lowest BCUT2D eigenvalue weighted by molar-refractivity contribution is -0.193. The van der Waals surface area contributed by atoms with Crippen LogP contribution in [0.1, 0.15) is 31.2 Å². The van der Waals surface area contributed by atoms with Crippen LogP contribution in [0.5, 0.6) is 0 Å². The Morgan fingerprint density at radius 2 is 1.43 bits per heavy atom. The zero-order valence-electron chi connectivity index (χ0n) is 12.5. The molecule has 5 heteroatoms. The highest BCUT2D eigenvalue weighted by atomic mass is 19.1. The number of halogens is 2. The standard InChI is InChI=1S/C16H21F2NO2/c1-19(2)15(12-9-13(17)11-14(18)10-12)3-5-16(6-4-15)20-7-8-21-16/h9-11H,3-8H2,1-2H3. The van der Waals surface area contributed by atoms with Gasteiger partial charge in [-0.15, -0.1) is 0 Å². The van der Waals surface area contributed by atoms with Crippen LogP contribution in [-0.4, -0.2) is 38.0 Å². The number of ether oxygens (including phenoxy) is 2. The molecule has 0 bridgehead atoms. The van der Waals surface area contributed by atoms with Crippen LogP contribution in [0, 0.1) is 11.6 Å². The molecule has 2 fully saturated rings. The minimum atomic E-state index is -0.528. The summed E-state index contributed by atoms with van der Waals surface area (Å²) in [7, 11) is 3.91. The first-order chi connectivity index (χ1) is 9.96. The molecule has 0 atom stereocenters. The fourth-order valence-electron chi connectivity index (χ4n) is 3.65. The van der Waals surface area contributed by atoms with E-state index in [4.69, 9.17) is 9.47 Å². The lowest BCUT2D eigenvalue weighted by Crippen LogP contribution is -2.49. The first-order valence-corrected chi connectivity index (χ1v) is 7.38. The van der Waals surface area contributed by atoms with Crippen LogP contribution in [0.25, 0.3) is 0 Å². The molecule has 1 spiro atoms. The smallest absolute Gasteiger partial charge is 0.168 e. The minimum absolute atomic E-state index is 0.372. The highest BCUT2D eigenvalue weighted by Crippen LogP contribution is 2.47.